The number of carbonyl (C=O) groups is 3. The van der Waals surface area contributed by atoms with Crippen molar-refractivity contribution in [1.82, 2.24) is 19.3 Å². The van der Waals surface area contributed by atoms with Gasteiger partial charge in [0.25, 0.3) is 11.8 Å². The molecule has 0 aliphatic carbocycles. The van der Waals surface area contributed by atoms with Crippen LogP contribution in [-0.2, 0) is 43.8 Å². The van der Waals surface area contributed by atoms with Crippen LogP contribution in [0.25, 0.3) is 11.3 Å². The standard InChI is InChI=1S/C46H47N5O6.ClH/c1-47(35-14-16-37(52)17-15-35)44(53)41-26-43(50-18-8-7-13-42(41)50)39-24-33-27-49(46(55)57-38-11-3-2-4-12-38)28-34(33)25-40(39)45(54)51-29-32-10-6-5-9-31(32)23-36(51)30-48-19-21-56-22-20-48;/h2-6,9-12,14-17,24-26,36,52H,7-8,13,18-23,27-30H2,1H3;1H/t36-;/m0./s1. The number of hydrogen-bond donors (Lipinski definition) is 1. The third-order valence-corrected chi connectivity index (χ3v) is 12.0. The molecule has 0 spiro atoms. The van der Waals surface area contributed by atoms with E-state index in [1.807, 2.05) is 41.3 Å². The number of carbonyl (C=O) groups excluding carboxylic acids is 3. The second-order valence-corrected chi connectivity index (χ2v) is 15.6. The minimum absolute atomic E-state index is 0. The number of fused-ring (bicyclic) bond motifs is 3. The molecule has 1 saturated heterocycles. The highest BCUT2D eigenvalue weighted by Gasteiger charge is 2.36. The molecule has 1 N–H and O–H groups in total. The van der Waals surface area contributed by atoms with E-state index in [0.717, 1.165) is 85.5 Å². The van der Waals surface area contributed by atoms with Crippen LogP contribution in [0, 0.1) is 0 Å². The summed E-state index contributed by atoms with van der Waals surface area (Å²) in [5.41, 5.74) is 8.64. The van der Waals surface area contributed by atoms with Crippen molar-refractivity contribution < 1.29 is 29.0 Å². The monoisotopic (exact) mass is 801 g/mol. The lowest BCUT2D eigenvalue weighted by Crippen LogP contribution is -2.52. The molecule has 3 amide bonds. The van der Waals surface area contributed by atoms with Gasteiger partial charge in [-0.2, -0.15) is 0 Å². The van der Waals surface area contributed by atoms with Gasteiger partial charge in [0.15, 0.2) is 0 Å². The smallest absolute Gasteiger partial charge is 0.415 e. The van der Waals surface area contributed by atoms with E-state index < -0.39 is 6.09 Å². The first-order valence-corrected chi connectivity index (χ1v) is 20.0. The highest BCUT2D eigenvalue weighted by Crippen LogP contribution is 2.39. The fourth-order valence-corrected chi connectivity index (χ4v) is 8.91. The Morgan fingerprint density at radius 2 is 1.50 bits per heavy atom. The molecule has 1 fully saturated rings. The Hall–Kier alpha value is -5.62. The van der Waals surface area contributed by atoms with Crippen LogP contribution in [0.15, 0.2) is 97.1 Å². The first kappa shape index (κ1) is 39.2. The number of hydrogen-bond acceptors (Lipinski definition) is 7. The molecular formula is C46H48ClN5O6. The summed E-state index contributed by atoms with van der Waals surface area (Å²) >= 11 is 0. The van der Waals surface area contributed by atoms with E-state index in [0.29, 0.717) is 55.4 Å². The minimum atomic E-state index is -0.449. The zero-order valence-corrected chi connectivity index (χ0v) is 33.5. The molecule has 12 heteroatoms. The summed E-state index contributed by atoms with van der Waals surface area (Å²) in [4.78, 5) is 50.9. The summed E-state index contributed by atoms with van der Waals surface area (Å²) in [6, 6.07) is 30.0. The molecule has 5 aromatic rings. The maximum absolute atomic E-state index is 15.4. The topological polar surface area (TPSA) is 108 Å². The van der Waals surface area contributed by atoms with E-state index in [1.54, 1.807) is 53.2 Å². The van der Waals surface area contributed by atoms with Crippen molar-refractivity contribution in [2.24, 2.45) is 0 Å². The molecule has 11 nitrogen and oxygen atoms in total. The molecule has 4 aliphatic rings. The largest absolute Gasteiger partial charge is 0.508 e. The molecule has 0 radical (unpaired) electrons. The average Bonchev–Trinajstić information content (AvgIpc) is 3.85. The molecule has 4 aromatic carbocycles. The molecular weight excluding hydrogens is 754 g/mol. The van der Waals surface area contributed by atoms with E-state index in [1.165, 1.54) is 5.56 Å². The molecule has 0 saturated carbocycles. The summed E-state index contributed by atoms with van der Waals surface area (Å²) in [7, 11) is 1.75. The number of ether oxygens (including phenoxy) is 2. The van der Waals surface area contributed by atoms with Gasteiger partial charge in [-0.1, -0.05) is 42.5 Å². The van der Waals surface area contributed by atoms with E-state index in [2.05, 4.69) is 33.7 Å². The van der Waals surface area contributed by atoms with E-state index in [9.17, 15) is 14.7 Å². The van der Waals surface area contributed by atoms with Gasteiger partial charge in [-0.15, -0.1) is 12.4 Å². The summed E-state index contributed by atoms with van der Waals surface area (Å²) in [6.07, 6.45) is 2.95. The molecule has 4 aliphatic heterocycles. The maximum atomic E-state index is 15.4. The molecule has 9 rings (SSSR count). The fraction of sp³-hybridized carbons (Fsp3) is 0.326. The van der Waals surface area contributed by atoms with Crippen LogP contribution in [-0.4, -0.2) is 88.2 Å². The van der Waals surface area contributed by atoms with Gasteiger partial charge in [0.2, 0.25) is 0 Å². The number of anilines is 1. The third-order valence-electron chi connectivity index (χ3n) is 12.0. The Kier molecular flexibility index (Phi) is 11.3. The Morgan fingerprint density at radius 1 is 0.793 bits per heavy atom. The summed E-state index contributed by atoms with van der Waals surface area (Å²) in [5.74, 6) is 0.389. The first-order valence-electron chi connectivity index (χ1n) is 20.0. The number of nitrogens with zero attached hydrogens (tertiary/aromatic N) is 5. The quantitative estimate of drug-likeness (QED) is 0.184. The van der Waals surface area contributed by atoms with Gasteiger partial charge in [0.1, 0.15) is 11.5 Å². The normalized spacial score (nSPS) is 17.4. The number of aromatic nitrogens is 1. The van der Waals surface area contributed by atoms with Crippen molar-refractivity contribution in [1.29, 1.82) is 0 Å². The highest BCUT2D eigenvalue weighted by atomic mass is 35.5. The molecule has 1 aromatic heterocycles. The molecule has 0 unspecified atom stereocenters. The lowest BCUT2D eigenvalue weighted by Gasteiger charge is -2.40. The van der Waals surface area contributed by atoms with Crippen molar-refractivity contribution in [3.8, 4) is 22.8 Å². The van der Waals surface area contributed by atoms with Gasteiger partial charge in [-0.25, -0.2) is 4.79 Å². The van der Waals surface area contributed by atoms with Gasteiger partial charge < -0.3 is 28.9 Å². The molecule has 1 atom stereocenters. The lowest BCUT2D eigenvalue weighted by atomic mass is 9.91. The fourth-order valence-electron chi connectivity index (χ4n) is 8.91. The SMILES string of the molecule is CN(C(=O)c1cc(-c2cc3c(cc2C(=O)N2Cc4ccccc4C[C@H]2CN2CCOCC2)CN(C(=O)Oc2ccccc2)C3)n2c1CCCC2)c1ccc(O)cc1.Cl. The van der Waals surface area contributed by atoms with Crippen molar-refractivity contribution >= 4 is 36.0 Å². The number of aromatic hydroxyl groups is 1. The number of amides is 3. The van der Waals surface area contributed by atoms with Crippen LogP contribution in [0.3, 0.4) is 0 Å². The number of para-hydroxylation sites is 1. The number of halogens is 1. The van der Waals surface area contributed by atoms with Crippen LogP contribution < -0.4 is 9.64 Å². The van der Waals surface area contributed by atoms with Gasteiger partial charge in [0, 0.05) is 87.1 Å². The second kappa shape index (κ2) is 16.7. The van der Waals surface area contributed by atoms with Gasteiger partial charge in [-0.3, -0.25) is 19.4 Å². The number of phenols is 1. The summed E-state index contributed by atoms with van der Waals surface area (Å²) < 4.78 is 13.6. The Morgan fingerprint density at radius 3 is 2.26 bits per heavy atom. The van der Waals surface area contributed by atoms with Crippen molar-refractivity contribution in [2.75, 3.05) is 44.8 Å². The minimum Gasteiger partial charge on any atom is -0.508 e. The first-order chi connectivity index (χ1) is 27.8. The van der Waals surface area contributed by atoms with Crippen LogP contribution >= 0.6 is 12.4 Å². The van der Waals surface area contributed by atoms with Crippen LogP contribution in [0.1, 0.15) is 61.5 Å². The predicted molar refractivity (Wildman–Crippen MR) is 224 cm³/mol. The summed E-state index contributed by atoms with van der Waals surface area (Å²) in [6.45, 7) is 5.61. The van der Waals surface area contributed by atoms with E-state index >= 15 is 4.79 Å². The van der Waals surface area contributed by atoms with Gasteiger partial charge >= 0.3 is 6.09 Å². The molecule has 5 heterocycles. The molecule has 58 heavy (non-hydrogen) atoms. The predicted octanol–water partition coefficient (Wildman–Crippen LogP) is 7.31. The Labute approximate surface area is 344 Å². The van der Waals surface area contributed by atoms with Crippen LogP contribution in [0.2, 0.25) is 0 Å². The number of phenolic OH excluding ortho intramolecular Hbond substituents is 1. The lowest BCUT2D eigenvalue weighted by molar-refractivity contribution is 0.0193. The van der Waals surface area contributed by atoms with Crippen LogP contribution in [0.5, 0.6) is 11.5 Å². The molecule has 300 valence electrons. The number of rotatable bonds is 7. The van der Waals surface area contributed by atoms with Crippen molar-refractivity contribution in [3.05, 3.63) is 136 Å². The number of morpholine rings is 1. The Balaban J connectivity index is 0.00000469. The highest BCUT2D eigenvalue weighted by molar-refractivity contribution is 6.08. The van der Waals surface area contributed by atoms with Crippen molar-refractivity contribution in [3.63, 3.8) is 0 Å². The third kappa shape index (κ3) is 7.69. The zero-order chi connectivity index (χ0) is 39.0. The molecule has 0 bridgehead atoms. The van der Waals surface area contributed by atoms with E-state index in [4.69, 9.17) is 9.47 Å². The van der Waals surface area contributed by atoms with E-state index in [-0.39, 0.29) is 36.0 Å². The number of benzene rings is 4. The Bertz CT molecular complexity index is 2320. The van der Waals surface area contributed by atoms with Gasteiger partial charge in [-0.05, 0) is 103 Å². The van der Waals surface area contributed by atoms with Crippen molar-refractivity contribution in [2.45, 2.75) is 57.9 Å². The second-order valence-electron chi connectivity index (χ2n) is 15.6. The average molecular weight is 802 g/mol. The maximum Gasteiger partial charge on any atom is 0.415 e. The van der Waals surface area contributed by atoms with Gasteiger partial charge in [0.05, 0.1) is 18.8 Å². The summed E-state index contributed by atoms with van der Waals surface area (Å²) in [5, 5.41) is 9.90. The van der Waals surface area contributed by atoms with Crippen LogP contribution in [0.4, 0.5) is 10.5 Å². The zero-order valence-electron chi connectivity index (χ0n) is 32.6.